The number of pyridine rings is 1. The summed E-state index contributed by atoms with van der Waals surface area (Å²) in [5, 5.41) is 2.89. The normalized spacial score (nSPS) is 11.4. The highest BCUT2D eigenvalue weighted by atomic mass is 19.4. The second-order valence-corrected chi connectivity index (χ2v) is 4.53. The van der Waals surface area contributed by atoms with Crippen LogP contribution >= 0.6 is 0 Å². The van der Waals surface area contributed by atoms with E-state index < -0.39 is 11.7 Å². The molecule has 0 aliphatic rings. The number of alkyl halides is 3. The van der Waals surface area contributed by atoms with Gasteiger partial charge in [-0.15, -0.1) is 0 Å². The number of nitrogens with zero attached hydrogens (tertiary/aromatic N) is 1. The molecule has 2 aromatic rings. The summed E-state index contributed by atoms with van der Waals surface area (Å²) in [6.45, 7) is 0.890. The van der Waals surface area contributed by atoms with Crippen molar-refractivity contribution in [3.63, 3.8) is 0 Å². The minimum atomic E-state index is -4.36. The van der Waals surface area contributed by atoms with Crippen molar-refractivity contribution in [1.29, 1.82) is 0 Å². The van der Waals surface area contributed by atoms with Crippen molar-refractivity contribution in [3.8, 4) is 0 Å². The molecule has 0 saturated carbocycles. The first kappa shape index (κ1) is 15.3. The van der Waals surface area contributed by atoms with Gasteiger partial charge in [-0.2, -0.15) is 13.2 Å². The van der Waals surface area contributed by atoms with Gasteiger partial charge in [-0.25, -0.2) is 4.98 Å². The second kappa shape index (κ2) is 6.58. The number of aromatic nitrogens is 1. The highest BCUT2D eigenvalue weighted by Crippen LogP contribution is 2.29. The molecule has 0 bridgehead atoms. The number of hydrogen-bond donors (Lipinski definition) is 1. The van der Waals surface area contributed by atoms with Crippen LogP contribution in [0.3, 0.4) is 0 Å². The summed E-state index contributed by atoms with van der Waals surface area (Å²) >= 11 is 0. The third kappa shape index (κ3) is 4.46. The number of methoxy groups -OCH3 is 1. The van der Waals surface area contributed by atoms with Crippen molar-refractivity contribution in [2.24, 2.45) is 0 Å². The summed E-state index contributed by atoms with van der Waals surface area (Å²) in [4.78, 5) is 3.89. The van der Waals surface area contributed by atoms with Gasteiger partial charge in [-0.1, -0.05) is 24.3 Å². The molecule has 21 heavy (non-hydrogen) atoms. The minimum absolute atomic E-state index is 0.196. The molecule has 0 unspecified atom stereocenters. The lowest BCUT2D eigenvalue weighted by Crippen LogP contribution is -2.07. The molecular weight excluding hydrogens is 281 g/mol. The number of hydrogen-bond acceptors (Lipinski definition) is 3. The molecule has 0 aliphatic carbocycles. The van der Waals surface area contributed by atoms with Crippen LogP contribution in [0.4, 0.5) is 19.0 Å². The van der Waals surface area contributed by atoms with E-state index in [2.05, 4.69) is 10.3 Å². The van der Waals surface area contributed by atoms with Gasteiger partial charge in [-0.3, -0.25) is 0 Å². The number of halogens is 3. The average molecular weight is 296 g/mol. The fourth-order valence-electron chi connectivity index (χ4n) is 1.89. The first-order valence-electron chi connectivity index (χ1n) is 6.33. The van der Waals surface area contributed by atoms with Gasteiger partial charge in [0.15, 0.2) is 0 Å². The smallest absolute Gasteiger partial charge is 0.380 e. The highest BCUT2D eigenvalue weighted by molar-refractivity contribution is 5.39. The van der Waals surface area contributed by atoms with E-state index in [1.807, 2.05) is 24.3 Å². The molecule has 0 atom stereocenters. The van der Waals surface area contributed by atoms with Crippen LogP contribution in [0.5, 0.6) is 0 Å². The standard InChI is InChI=1S/C15H15F3N2O/c1-21-10-12-4-2-3-11(7-12)9-20-14-8-13(5-6-19-14)15(16,17)18/h2-8H,9-10H2,1H3,(H,19,20). The molecule has 0 spiro atoms. The van der Waals surface area contributed by atoms with E-state index in [1.165, 1.54) is 0 Å². The third-order valence-corrected chi connectivity index (χ3v) is 2.86. The van der Waals surface area contributed by atoms with Crippen LogP contribution in [0.2, 0.25) is 0 Å². The van der Waals surface area contributed by atoms with Gasteiger partial charge in [0, 0.05) is 19.9 Å². The Hall–Kier alpha value is -2.08. The summed E-state index contributed by atoms with van der Waals surface area (Å²) in [7, 11) is 1.61. The maximum atomic E-state index is 12.6. The molecule has 0 amide bonds. The summed E-state index contributed by atoms with van der Waals surface area (Å²) in [5.74, 6) is 0.196. The summed E-state index contributed by atoms with van der Waals surface area (Å²) in [5.41, 5.74) is 1.24. The van der Waals surface area contributed by atoms with Crippen molar-refractivity contribution >= 4 is 5.82 Å². The molecular formula is C15H15F3N2O. The van der Waals surface area contributed by atoms with Crippen LogP contribution in [0.25, 0.3) is 0 Å². The average Bonchev–Trinajstić information content (AvgIpc) is 2.45. The Morgan fingerprint density at radius 1 is 1.14 bits per heavy atom. The maximum absolute atomic E-state index is 12.6. The molecule has 1 N–H and O–H groups in total. The predicted octanol–water partition coefficient (Wildman–Crippen LogP) is 3.86. The number of ether oxygens (including phenoxy) is 1. The molecule has 1 aromatic carbocycles. The number of rotatable bonds is 5. The fourth-order valence-corrected chi connectivity index (χ4v) is 1.89. The second-order valence-electron chi connectivity index (χ2n) is 4.53. The third-order valence-electron chi connectivity index (χ3n) is 2.86. The van der Waals surface area contributed by atoms with Gasteiger partial charge < -0.3 is 10.1 Å². The van der Waals surface area contributed by atoms with Gasteiger partial charge in [0.05, 0.1) is 12.2 Å². The van der Waals surface area contributed by atoms with Gasteiger partial charge in [0.2, 0.25) is 0 Å². The van der Waals surface area contributed by atoms with E-state index in [0.29, 0.717) is 13.2 Å². The molecule has 1 heterocycles. The molecule has 0 radical (unpaired) electrons. The number of benzene rings is 1. The Kier molecular flexibility index (Phi) is 4.80. The highest BCUT2D eigenvalue weighted by Gasteiger charge is 2.30. The van der Waals surface area contributed by atoms with Gasteiger partial charge in [0.25, 0.3) is 0 Å². The van der Waals surface area contributed by atoms with Gasteiger partial charge in [0.1, 0.15) is 5.82 Å². The summed E-state index contributed by atoms with van der Waals surface area (Å²) < 4.78 is 42.8. The molecule has 0 aliphatic heterocycles. The van der Waals surface area contributed by atoms with E-state index in [1.54, 1.807) is 7.11 Å². The largest absolute Gasteiger partial charge is 0.416 e. The summed E-state index contributed by atoms with van der Waals surface area (Å²) in [6.07, 6.45) is -3.22. The van der Waals surface area contributed by atoms with E-state index in [0.717, 1.165) is 29.5 Å². The van der Waals surface area contributed by atoms with Gasteiger partial charge >= 0.3 is 6.18 Å². The molecule has 1 aromatic heterocycles. The quantitative estimate of drug-likeness (QED) is 0.909. The predicted molar refractivity (Wildman–Crippen MR) is 73.7 cm³/mol. The Balaban J connectivity index is 2.04. The first-order chi connectivity index (χ1) is 9.99. The fraction of sp³-hybridized carbons (Fsp3) is 0.267. The molecule has 6 heteroatoms. The van der Waals surface area contributed by atoms with E-state index in [-0.39, 0.29) is 5.82 Å². The van der Waals surface area contributed by atoms with Crippen molar-refractivity contribution < 1.29 is 17.9 Å². The van der Waals surface area contributed by atoms with Crippen LogP contribution in [0, 0.1) is 0 Å². The monoisotopic (exact) mass is 296 g/mol. The zero-order valence-electron chi connectivity index (χ0n) is 11.4. The van der Waals surface area contributed by atoms with Crippen molar-refractivity contribution in [1.82, 2.24) is 4.98 Å². The van der Waals surface area contributed by atoms with Crippen LogP contribution in [-0.4, -0.2) is 12.1 Å². The van der Waals surface area contributed by atoms with Crippen LogP contribution in [-0.2, 0) is 24.1 Å². The Morgan fingerprint density at radius 2 is 1.90 bits per heavy atom. The number of nitrogens with one attached hydrogen (secondary N) is 1. The SMILES string of the molecule is COCc1cccc(CNc2cc(C(F)(F)F)ccn2)c1. The van der Waals surface area contributed by atoms with Gasteiger partial charge in [-0.05, 0) is 23.3 Å². The molecule has 112 valence electrons. The lowest BCUT2D eigenvalue weighted by atomic mass is 10.1. The van der Waals surface area contributed by atoms with Crippen LogP contribution in [0.1, 0.15) is 16.7 Å². The molecule has 0 saturated heterocycles. The van der Waals surface area contributed by atoms with Crippen LogP contribution < -0.4 is 5.32 Å². The molecule has 0 fully saturated rings. The zero-order valence-corrected chi connectivity index (χ0v) is 11.4. The van der Waals surface area contributed by atoms with E-state index >= 15 is 0 Å². The van der Waals surface area contributed by atoms with Crippen molar-refractivity contribution in [3.05, 3.63) is 59.3 Å². The molecule has 3 nitrogen and oxygen atoms in total. The van der Waals surface area contributed by atoms with Crippen molar-refractivity contribution in [2.45, 2.75) is 19.3 Å². The molecule has 2 rings (SSSR count). The van der Waals surface area contributed by atoms with Crippen molar-refractivity contribution in [2.75, 3.05) is 12.4 Å². The van der Waals surface area contributed by atoms with E-state index in [9.17, 15) is 13.2 Å². The minimum Gasteiger partial charge on any atom is -0.380 e. The zero-order chi connectivity index (χ0) is 15.3. The van der Waals surface area contributed by atoms with Crippen LogP contribution in [0.15, 0.2) is 42.6 Å². The maximum Gasteiger partial charge on any atom is 0.416 e. The Labute approximate surface area is 120 Å². The first-order valence-corrected chi connectivity index (χ1v) is 6.33. The summed E-state index contributed by atoms with van der Waals surface area (Å²) in [6, 6.07) is 9.58. The Morgan fingerprint density at radius 3 is 2.62 bits per heavy atom. The topological polar surface area (TPSA) is 34.1 Å². The Bertz CT molecular complexity index is 599. The lowest BCUT2D eigenvalue weighted by Gasteiger charge is -2.10. The number of anilines is 1. The van der Waals surface area contributed by atoms with E-state index in [4.69, 9.17) is 4.74 Å². The lowest BCUT2D eigenvalue weighted by molar-refractivity contribution is -0.137.